The molecule has 1 aromatic carbocycles. The zero-order valence-corrected chi connectivity index (χ0v) is 10.9. The molecule has 100 valence electrons. The summed E-state index contributed by atoms with van der Waals surface area (Å²) < 4.78 is 5.28. The van der Waals surface area contributed by atoms with Gasteiger partial charge < -0.3 is 9.84 Å². The van der Waals surface area contributed by atoms with E-state index >= 15 is 0 Å². The van der Waals surface area contributed by atoms with Crippen molar-refractivity contribution in [3.05, 3.63) is 35.5 Å². The van der Waals surface area contributed by atoms with Gasteiger partial charge in [-0.3, -0.25) is 9.89 Å². The van der Waals surface area contributed by atoms with Crippen LogP contribution in [0.2, 0.25) is 0 Å². The number of carboxylic acid groups (broad SMARTS) is 1. The zero-order valence-electron chi connectivity index (χ0n) is 10.9. The van der Waals surface area contributed by atoms with Crippen LogP contribution in [0.25, 0.3) is 11.3 Å². The Hall–Kier alpha value is -2.30. The Morgan fingerprint density at radius 3 is 2.84 bits per heavy atom. The summed E-state index contributed by atoms with van der Waals surface area (Å²) in [6, 6.07) is 5.79. The molecule has 1 heterocycles. The molecule has 0 aliphatic heterocycles. The molecule has 0 saturated heterocycles. The Bertz CT molecular complexity index is 590. The van der Waals surface area contributed by atoms with Crippen LogP contribution in [0.5, 0.6) is 5.75 Å². The molecule has 0 spiro atoms. The summed E-state index contributed by atoms with van der Waals surface area (Å²) in [5.41, 5.74) is 3.43. The van der Waals surface area contributed by atoms with E-state index in [1.165, 1.54) is 0 Å². The summed E-state index contributed by atoms with van der Waals surface area (Å²) >= 11 is 0. The number of carbonyl (C=O) groups is 1. The van der Waals surface area contributed by atoms with Crippen molar-refractivity contribution < 1.29 is 14.6 Å². The van der Waals surface area contributed by atoms with E-state index < -0.39 is 5.97 Å². The summed E-state index contributed by atoms with van der Waals surface area (Å²) in [6.07, 6.45) is 2.36. The first-order valence-electron chi connectivity index (χ1n) is 6.07. The van der Waals surface area contributed by atoms with Crippen LogP contribution < -0.4 is 4.74 Å². The number of methoxy groups -OCH3 is 1. The standard InChI is InChI=1S/C14H16N2O3/c1-3-9-6-10(4-5-12(9)19-2)14-11(7-13(17)18)8-15-16-14/h4-6,8H,3,7H2,1-2H3,(H,15,16)(H,17,18). The summed E-state index contributed by atoms with van der Waals surface area (Å²) in [6.45, 7) is 2.05. The number of aliphatic carboxylic acids is 1. The van der Waals surface area contributed by atoms with Gasteiger partial charge in [-0.25, -0.2) is 0 Å². The van der Waals surface area contributed by atoms with Crippen LogP contribution in [0, 0.1) is 0 Å². The van der Waals surface area contributed by atoms with Crippen LogP contribution in [0.4, 0.5) is 0 Å². The van der Waals surface area contributed by atoms with Gasteiger partial charge >= 0.3 is 5.97 Å². The predicted molar refractivity (Wildman–Crippen MR) is 71.3 cm³/mol. The van der Waals surface area contributed by atoms with Gasteiger partial charge in [-0.15, -0.1) is 0 Å². The molecule has 2 rings (SSSR count). The topological polar surface area (TPSA) is 75.2 Å². The zero-order chi connectivity index (χ0) is 13.8. The molecule has 0 unspecified atom stereocenters. The largest absolute Gasteiger partial charge is 0.496 e. The molecular formula is C14H16N2O3. The number of carboxylic acids is 1. The molecule has 1 aromatic heterocycles. The fourth-order valence-corrected chi connectivity index (χ4v) is 2.07. The van der Waals surface area contributed by atoms with Gasteiger partial charge in [0.2, 0.25) is 0 Å². The first kappa shape index (κ1) is 13.1. The highest BCUT2D eigenvalue weighted by Crippen LogP contribution is 2.28. The minimum Gasteiger partial charge on any atom is -0.496 e. The molecular weight excluding hydrogens is 244 g/mol. The highest BCUT2D eigenvalue weighted by molar-refractivity contribution is 5.75. The second kappa shape index (κ2) is 5.56. The highest BCUT2D eigenvalue weighted by atomic mass is 16.5. The van der Waals surface area contributed by atoms with E-state index in [1.807, 2.05) is 25.1 Å². The van der Waals surface area contributed by atoms with Crippen molar-refractivity contribution in [1.29, 1.82) is 0 Å². The fourth-order valence-electron chi connectivity index (χ4n) is 2.07. The molecule has 0 bridgehead atoms. The first-order valence-corrected chi connectivity index (χ1v) is 6.07. The monoisotopic (exact) mass is 260 g/mol. The number of hydrogen-bond donors (Lipinski definition) is 2. The summed E-state index contributed by atoms with van der Waals surface area (Å²) in [5.74, 6) is -0.0302. The molecule has 19 heavy (non-hydrogen) atoms. The van der Waals surface area contributed by atoms with Crippen LogP contribution in [-0.4, -0.2) is 28.4 Å². The molecule has 0 aliphatic rings. The molecule has 0 aliphatic carbocycles. The number of aryl methyl sites for hydroxylation is 1. The Kier molecular flexibility index (Phi) is 3.85. The lowest BCUT2D eigenvalue weighted by Crippen LogP contribution is -2.00. The number of hydrogen-bond acceptors (Lipinski definition) is 3. The molecule has 5 heteroatoms. The molecule has 0 atom stereocenters. The van der Waals surface area contributed by atoms with Crippen LogP contribution in [0.1, 0.15) is 18.1 Å². The second-order valence-electron chi connectivity index (χ2n) is 4.22. The average Bonchev–Trinajstić information content (AvgIpc) is 2.85. The summed E-state index contributed by atoms with van der Waals surface area (Å²) in [7, 11) is 1.64. The molecule has 0 fully saturated rings. The molecule has 0 amide bonds. The smallest absolute Gasteiger partial charge is 0.307 e. The minimum atomic E-state index is -0.869. The molecule has 0 radical (unpaired) electrons. The number of benzene rings is 1. The molecule has 5 nitrogen and oxygen atoms in total. The van der Waals surface area contributed by atoms with Gasteiger partial charge in [-0.1, -0.05) is 6.92 Å². The van der Waals surface area contributed by atoms with Crippen molar-refractivity contribution in [2.24, 2.45) is 0 Å². The molecule has 2 N–H and O–H groups in total. The number of H-pyrrole nitrogens is 1. The number of rotatable bonds is 5. The highest BCUT2D eigenvalue weighted by Gasteiger charge is 2.12. The van der Waals surface area contributed by atoms with Crippen molar-refractivity contribution in [3.8, 4) is 17.0 Å². The van der Waals surface area contributed by atoms with E-state index in [2.05, 4.69) is 10.2 Å². The number of aromatic nitrogens is 2. The third kappa shape index (κ3) is 2.76. The quantitative estimate of drug-likeness (QED) is 0.864. The van der Waals surface area contributed by atoms with E-state index in [-0.39, 0.29) is 6.42 Å². The third-order valence-electron chi connectivity index (χ3n) is 3.01. The normalized spacial score (nSPS) is 10.4. The predicted octanol–water partition coefficient (Wildman–Crippen LogP) is 2.27. The van der Waals surface area contributed by atoms with E-state index in [0.717, 1.165) is 29.0 Å². The van der Waals surface area contributed by atoms with Gasteiger partial charge in [0.15, 0.2) is 0 Å². The minimum absolute atomic E-state index is 0.0423. The van der Waals surface area contributed by atoms with E-state index in [0.29, 0.717) is 5.56 Å². The van der Waals surface area contributed by atoms with Crippen LogP contribution >= 0.6 is 0 Å². The maximum absolute atomic E-state index is 10.8. The van der Waals surface area contributed by atoms with E-state index in [1.54, 1.807) is 13.3 Å². The van der Waals surface area contributed by atoms with Crippen molar-refractivity contribution in [2.45, 2.75) is 19.8 Å². The lowest BCUT2D eigenvalue weighted by Gasteiger charge is -2.09. The van der Waals surface area contributed by atoms with Gasteiger partial charge in [0.25, 0.3) is 0 Å². The van der Waals surface area contributed by atoms with Gasteiger partial charge in [-0.05, 0) is 30.2 Å². The maximum Gasteiger partial charge on any atom is 0.307 e. The second-order valence-corrected chi connectivity index (χ2v) is 4.22. The van der Waals surface area contributed by atoms with Gasteiger partial charge in [0, 0.05) is 11.1 Å². The Balaban J connectivity index is 2.42. The SMILES string of the molecule is CCc1cc(-c2[nH]ncc2CC(=O)O)ccc1OC. The van der Waals surface area contributed by atoms with Gasteiger partial charge in [-0.2, -0.15) is 5.10 Å². The van der Waals surface area contributed by atoms with Crippen LogP contribution in [0.15, 0.2) is 24.4 Å². The average molecular weight is 260 g/mol. The first-order chi connectivity index (χ1) is 9.15. The summed E-state index contributed by atoms with van der Waals surface area (Å²) in [5, 5.41) is 15.7. The number of ether oxygens (including phenoxy) is 1. The lowest BCUT2D eigenvalue weighted by atomic mass is 10.0. The van der Waals surface area contributed by atoms with Crippen LogP contribution in [-0.2, 0) is 17.6 Å². The summed E-state index contributed by atoms with van der Waals surface area (Å²) in [4.78, 5) is 10.8. The fraction of sp³-hybridized carbons (Fsp3) is 0.286. The maximum atomic E-state index is 10.8. The van der Waals surface area contributed by atoms with Crippen molar-refractivity contribution in [2.75, 3.05) is 7.11 Å². The van der Waals surface area contributed by atoms with Gasteiger partial charge in [0.05, 0.1) is 25.4 Å². The third-order valence-corrected chi connectivity index (χ3v) is 3.01. The lowest BCUT2D eigenvalue weighted by molar-refractivity contribution is -0.136. The van der Waals surface area contributed by atoms with Crippen molar-refractivity contribution in [3.63, 3.8) is 0 Å². The van der Waals surface area contributed by atoms with Gasteiger partial charge in [0.1, 0.15) is 5.75 Å². The number of nitrogens with zero attached hydrogens (tertiary/aromatic N) is 1. The number of nitrogens with one attached hydrogen (secondary N) is 1. The van der Waals surface area contributed by atoms with Crippen LogP contribution in [0.3, 0.4) is 0 Å². The van der Waals surface area contributed by atoms with E-state index in [9.17, 15) is 4.79 Å². The Morgan fingerprint density at radius 2 is 2.21 bits per heavy atom. The number of aromatic amines is 1. The molecule has 0 saturated carbocycles. The van der Waals surface area contributed by atoms with Crippen molar-refractivity contribution >= 4 is 5.97 Å². The van der Waals surface area contributed by atoms with E-state index in [4.69, 9.17) is 9.84 Å². The Labute approximate surface area is 111 Å². The van der Waals surface area contributed by atoms with Crippen molar-refractivity contribution in [1.82, 2.24) is 10.2 Å². The Morgan fingerprint density at radius 1 is 1.42 bits per heavy atom. The molecule has 2 aromatic rings.